The van der Waals surface area contributed by atoms with Crippen LogP contribution in [0.2, 0.25) is 0 Å². The van der Waals surface area contributed by atoms with Gasteiger partial charge < -0.3 is 18.9 Å². The fourth-order valence-electron chi connectivity index (χ4n) is 4.52. The van der Waals surface area contributed by atoms with Crippen molar-refractivity contribution in [1.29, 1.82) is 0 Å². The molecule has 2 aliphatic rings. The molecule has 1 saturated heterocycles. The molecule has 0 aliphatic carbocycles. The van der Waals surface area contributed by atoms with Gasteiger partial charge in [0.25, 0.3) is 0 Å². The number of hydrogen-bond acceptors (Lipinski definition) is 4. The molecule has 6 heteroatoms. The van der Waals surface area contributed by atoms with Crippen molar-refractivity contribution in [3.63, 3.8) is 0 Å². The normalized spacial score (nSPS) is 18.0. The number of para-hydroxylation sites is 2. The largest absolute Gasteiger partial charge is 0.454 e. The Labute approximate surface area is 176 Å². The van der Waals surface area contributed by atoms with Crippen LogP contribution in [0.15, 0.2) is 42.5 Å². The number of anilines is 1. The maximum atomic E-state index is 12.9. The van der Waals surface area contributed by atoms with Crippen LogP contribution in [0.1, 0.15) is 50.8 Å². The Hall–Kier alpha value is -3.02. The van der Waals surface area contributed by atoms with Gasteiger partial charge in [0, 0.05) is 37.2 Å². The van der Waals surface area contributed by atoms with E-state index in [1.54, 1.807) is 0 Å². The highest BCUT2D eigenvalue weighted by atomic mass is 16.7. The molecule has 1 atom stereocenters. The van der Waals surface area contributed by atoms with E-state index in [0.717, 1.165) is 41.3 Å². The van der Waals surface area contributed by atoms with Gasteiger partial charge in [-0.3, -0.25) is 4.79 Å². The Kier molecular flexibility index (Phi) is 5.07. The van der Waals surface area contributed by atoms with E-state index in [0.29, 0.717) is 18.7 Å². The highest BCUT2D eigenvalue weighted by Crippen LogP contribution is 2.39. The summed E-state index contributed by atoms with van der Waals surface area (Å²) < 4.78 is 13.2. The average Bonchev–Trinajstić information content (AvgIpc) is 3.47. The summed E-state index contributed by atoms with van der Waals surface area (Å²) in [4.78, 5) is 19.7. The van der Waals surface area contributed by atoms with Crippen molar-refractivity contribution < 1.29 is 14.3 Å². The van der Waals surface area contributed by atoms with Crippen molar-refractivity contribution in [2.75, 3.05) is 18.2 Å². The van der Waals surface area contributed by atoms with Crippen molar-refractivity contribution in [2.45, 2.75) is 51.5 Å². The van der Waals surface area contributed by atoms with Crippen LogP contribution in [0, 0.1) is 0 Å². The number of fused-ring (bicyclic) bond motifs is 2. The summed E-state index contributed by atoms with van der Waals surface area (Å²) in [5, 5.41) is 0. The Morgan fingerprint density at radius 3 is 2.83 bits per heavy atom. The Balaban J connectivity index is 1.42. The van der Waals surface area contributed by atoms with Crippen molar-refractivity contribution in [3.8, 4) is 11.5 Å². The van der Waals surface area contributed by atoms with Crippen LogP contribution in [-0.2, 0) is 11.3 Å². The van der Waals surface area contributed by atoms with Gasteiger partial charge in [-0.05, 0) is 30.7 Å². The Morgan fingerprint density at radius 1 is 1.07 bits per heavy atom. The van der Waals surface area contributed by atoms with E-state index in [2.05, 4.69) is 29.7 Å². The monoisotopic (exact) mass is 405 g/mol. The number of unbranched alkanes of at least 4 members (excludes halogenated alkanes) is 3. The maximum Gasteiger partial charge on any atom is 0.231 e. The second kappa shape index (κ2) is 8.01. The van der Waals surface area contributed by atoms with E-state index in [1.165, 1.54) is 19.3 Å². The molecule has 0 spiro atoms. The zero-order chi connectivity index (χ0) is 20.5. The fraction of sp³-hybridized carbons (Fsp3) is 0.417. The molecule has 5 rings (SSSR count). The first-order valence-corrected chi connectivity index (χ1v) is 10.9. The van der Waals surface area contributed by atoms with Gasteiger partial charge in [-0.2, -0.15) is 0 Å². The number of carbonyl (C=O) groups is 1. The zero-order valence-corrected chi connectivity index (χ0v) is 17.3. The lowest BCUT2D eigenvalue weighted by molar-refractivity contribution is -0.117. The number of rotatable bonds is 7. The van der Waals surface area contributed by atoms with E-state index in [1.807, 2.05) is 29.2 Å². The number of amides is 1. The van der Waals surface area contributed by atoms with Gasteiger partial charge in [-0.15, -0.1) is 0 Å². The number of hydrogen-bond donors (Lipinski definition) is 0. The van der Waals surface area contributed by atoms with Gasteiger partial charge in [0.15, 0.2) is 11.5 Å². The molecule has 0 radical (unpaired) electrons. The van der Waals surface area contributed by atoms with Crippen molar-refractivity contribution in [1.82, 2.24) is 9.55 Å². The molecule has 0 N–H and O–H groups in total. The van der Waals surface area contributed by atoms with Gasteiger partial charge in [0.2, 0.25) is 12.7 Å². The second-order valence-corrected chi connectivity index (χ2v) is 8.11. The van der Waals surface area contributed by atoms with Crippen molar-refractivity contribution >= 4 is 22.6 Å². The third kappa shape index (κ3) is 3.40. The molecular weight excluding hydrogens is 378 g/mol. The highest BCUT2D eigenvalue weighted by molar-refractivity contribution is 5.97. The molecule has 3 aromatic rings. The molecule has 1 fully saturated rings. The van der Waals surface area contributed by atoms with E-state index in [9.17, 15) is 4.79 Å². The number of nitrogens with zero attached hydrogens (tertiary/aromatic N) is 3. The summed E-state index contributed by atoms with van der Waals surface area (Å²) in [5.41, 5.74) is 3.03. The van der Waals surface area contributed by atoms with Gasteiger partial charge in [0.05, 0.1) is 11.0 Å². The van der Waals surface area contributed by atoms with Crippen LogP contribution in [0.3, 0.4) is 0 Å². The van der Waals surface area contributed by atoms with Gasteiger partial charge in [-0.1, -0.05) is 38.3 Å². The molecule has 2 aliphatic heterocycles. The van der Waals surface area contributed by atoms with Crippen LogP contribution >= 0.6 is 0 Å². The van der Waals surface area contributed by atoms with Crippen LogP contribution in [0.25, 0.3) is 11.0 Å². The second-order valence-electron chi connectivity index (χ2n) is 8.11. The van der Waals surface area contributed by atoms with Crippen LogP contribution < -0.4 is 14.4 Å². The molecule has 1 aromatic heterocycles. The standard InChI is InChI=1S/C24H27N3O3/c1-2-3-4-7-12-26-20-9-6-5-8-19(20)25-24(26)17-13-23(28)27(15-17)18-10-11-21-22(14-18)30-16-29-21/h5-6,8-11,14,17H,2-4,7,12-13,15-16H2,1H3. The first-order valence-electron chi connectivity index (χ1n) is 10.9. The predicted octanol–water partition coefficient (Wildman–Crippen LogP) is 4.87. The minimum Gasteiger partial charge on any atom is -0.454 e. The van der Waals surface area contributed by atoms with Crippen LogP contribution in [-0.4, -0.2) is 28.8 Å². The summed E-state index contributed by atoms with van der Waals surface area (Å²) in [5.74, 6) is 2.68. The minimum absolute atomic E-state index is 0.0847. The number of aryl methyl sites for hydroxylation is 1. The first kappa shape index (κ1) is 19.0. The van der Waals surface area contributed by atoms with Crippen molar-refractivity contribution in [2.24, 2.45) is 0 Å². The molecule has 6 nitrogen and oxygen atoms in total. The smallest absolute Gasteiger partial charge is 0.231 e. The number of aromatic nitrogens is 2. The number of benzene rings is 2. The maximum absolute atomic E-state index is 12.9. The summed E-state index contributed by atoms with van der Waals surface area (Å²) >= 11 is 0. The van der Waals surface area contributed by atoms with E-state index in [-0.39, 0.29) is 18.6 Å². The molecule has 156 valence electrons. The van der Waals surface area contributed by atoms with E-state index < -0.39 is 0 Å². The molecule has 1 amide bonds. The lowest BCUT2D eigenvalue weighted by atomic mass is 10.1. The molecule has 30 heavy (non-hydrogen) atoms. The third-order valence-electron chi connectivity index (χ3n) is 6.08. The summed E-state index contributed by atoms with van der Waals surface area (Å²) in [6.45, 7) is 4.05. The molecule has 0 saturated carbocycles. The van der Waals surface area contributed by atoms with Crippen molar-refractivity contribution in [3.05, 3.63) is 48.3 Å². The van der Waals surface area contributed by atoms with Gasteiger partial charge in [-0.25, -0.2) is 4.98 Å². The highest BCUT2D eigenvalue weighted by Gasteiger charge is 2.35. The van der Waals surface area contributed by atoms with Gasteiger partial charge in [0.1, 0.15) is 5.82 Å². The van der Waals surface area contributed by atoms with Crippen LogP contribution in [0.4, 0.5) is 5.69 Å². The lowest BCUT2D eigenvalue weighted by Gasteiger charge is -2.18. The first-order chi connectivity index (χ1) is 14.7. The average molecular weight is 405 g/mol. The molecule has 2 aromatic carbocycles. The third-order valence-corrected chi connectivity index (χ3v) is 6.08. The number of ether oxygens (including phenoxy) is 2. The topological polar surface area (TPSA) is 56.6 Å². The molecule has 1 unspecified atom stereocenters. The SMILES string of the molecule is CCCCCCn1c(C2CC(=O)N(c3ccc4c(c3)OCO4)C2)nc2ccccc21. The van der Waals surface area contributed by atoms with Gasteiger partial charge >= 0.3 is 0 Å². The zero-order valence-electron chi connectivity index (χ0n) is 17.3. The minimum atomic E-state index is 0.0847. The van der Waals surface area contributed by atoms with Crippen LogP contribution in [0.5, 0.6) is 11.5 Å². The Morgan fingerprint density at radius 2 is 1.93 bits per heavy atom. The quantitative estimate of drug-likeness (QED) is 0.527. The summed E-state index contributed by atoms with van der Waals surface area (Å²) in [7, 11) is 0. The number of carbonyl (C=O) groups excluding carboxylic acids is 1. The molecule has 3 heterocycles. The lowest BCUT2D eigenvalue weighted by Crippen LogP contribution is -2.24. The molecule has 0 bridgehead atoms. The summed E-state index contributed by atoms with van der Waals surface area (Å²) in [6.07, 6.45) is 5.30. The predicted molar refractivity (Wildman–Crippen MR) is 116 cm³/mol. The van der Waals surface area contributed by atoms with E-state index in [4.69, 9.17) is 14.5 Å². The summed E-state index contributed by atoms with van der Waals surface area (Å²) in [6, 6.07) is 14.0. The van der Waals surface area contributed by atoms with E-state index >= 15 is 0 Å². The fourth-order valence-corrected chi connectivity index (χ4v) is 4.52. The number of imidazole rings is 1. The molecular formula is C24H27N3O3. The Bertz CT molecular complexity index is 1070.